The molecule has 0 aliphatic rings. The number of fused-ring (bicyclic) bond motifs is 1. The number of benzene rings is 2. The third-order valence-corrected chi connectivity index (χ3v) is 3.09. The smallest absolute Gasteiger partial charge is 0.337 e. The number of hydrogen-bond donors (Lipinski definition) is 0. The maximum Gasteiger partial charge on any atom is 0.337 e. The van der Waals surface area contributed by atoms with Gasteiger partial charge in [-0.15, -0.1) is 0 Å². The lowest BCUT2D eigenvalue weighted by Gasteiger charge is -2.05. The van der Waals surface area contributed by atoms with E-state index in [0.29, 0.717) is 5.56 Å². The summed E-state index contributed by atoms with van der Waals surface area (Å²) >= 11 is 0. The largest absolute Gasteiger partial charge is 0.465 e. The fourth-order valence-electron chi connectivity index (χ4n) is 2.18. The first-order valence-electron chi connectivity index (χ1n) is 5.94. The van der Waals surface area contributed by atoms with Crippen LogP contribution < -0.4 is 0 Å². The van der Waals surface area contributed by atoms with Crippen LogP contribution in [0.4, 0.5) is 0 Å². The molecule has 0 bridgehead atoms. The summed E-state index contributed by atoms with van der Waals surface area (Å²) in [4.78, 5) is 11.6. The van der Waals surface area contributed by atoms with E-state index in [2.05, 4.69) is 0 Å². The van der Waals surface area contributed by atoms with Gasteiger partial charge in [0.1, 0.15) is 5.58 Å². The molecule has 0 saturated carbocycles. The van der Waals surface area contributed by atoms with Crippen LogP contribution in [0.15, 0.2) is 59.2 Å². The average Bonchev–Trinajstić information content (AvgIpc) is 2.94. The molecule has 19 heavy (non-hydrogen) atoms. The van der Waals surface area contributed by atoms with E-state index in [0.717, 1.165) is 22.1 Å². The van der Waals surface area contributed by atoms with Crippen LogP contribution >= 0.6 is 0 Å². The lowest BCUT2D eigenvalue weighted by atomic mass is 10.00. The molecule has 94 valence electrons. The highest BCUT2D eigenvalue weighted by Crippen LogP contribution is 2.29. The number of esters is 1. The zero-order chi connectivity index (χ0) is 13.2. The molecule has 0 aliphatic heterocycles. The molecule has 0 saturated heterocycles. The van der Waals surface area contributed by atoms with E-state index in [9.17, 15) is 4.79 Å². The van der Waals surface area contributed by atoms with Crippen LogP contribution in [-0.2, 0) is 4.74 Å². The van der Waals surface area contributed by atoms with E-state index in [1.54, 1.807) is 12.3 Å². The molecule has 0 spiro atoms. The molecule has 1 aromatic heterocycles. The second kappa shape index (κ2) is 4.61. The lowest BCUT2D eigenvalue weighted by Crippen LogP contribution is -2.00. The first-order valence-corrected chi connectivity index (χ1v) is 5.94. The Morgan fingerprint density at radius 1 is 1.11 bits per heavy atom. The van der Waals surface area contributed by atoms with E-state index < -0.39 is 0 Å². The van der Waals surface area contributed by atoms with Gasteiger partial charge in [0, 0.05) is 5.39 Å². The first kappa shape index (κ1) is 11.5. The maximum absolute atomic E-state index is 11.6. The van der Waals surface area contributed by atoms with Crippen molar-refractivity contribution in [2.24, 2.45) is 0 Å². The molecule has 0 aliphatic carbocycles. The van der Waals surface area contributed by atoms with Gasteiger partial charge in [-0.1, -0.05) is 24.3 Å². The molecule has 0 unspecified atom stereocenters. The Morgan fingerprint density at radius 3 is 2.79 bits per heavy atom. The summed E-state index contributed by atoms with van der Waals surface area (Å²) in [5, 5.41) is 1.03. The minimum Gasteiger partial charge on any atom is -0.465 e. The third-order valence-electron chi connectivity index (χ3n) is 3.09. The van der Waals surface area contributed by atoms with E-state index in [4.69, 9.17) is 9.15 Å². The normalized spacial score (nSPS) is 10.6. The van der Waals surface area contributed by atoms with Gasteiger partial charge in [-0.2, -0.15) is 0 Å². The van der Waals surface area contributed by atoms with Crippen LogP contribution in [0.5, 0.6) is 0 Å². The molecule has 3 nitrogen and oxygen atoms in total. The summed E-state index contributed by atoms with van der Waals surface area (Å²) < 4.78 is 10.1. The highest BCUT2D eigenvalue weighted by atomic mass is 16.5. The SMILES string of the molecule is COC(=O)c1cccc(-c2cccc3occc23)c1. The summed E-state index contributed by atoms with van der Waals surface area (Å²) in [6, 6.07) is 15.2. The Hall–Kier alpha value is -2.55. The number of hydrogen-bond acceptors (Lipinski definition) is 3. The number of rotatable bonds is 2. The monoisotopic (exact) mass is 252 g/mol. The quantitative estimate of drug-likeness (QED) is 0.649. The molecule has 0 fully saturated rings. The molecular weight excluding hydrogens is 240 g/mol. The molecule has 0 atom stereocenters. The van der Waals surface area contributed by atoms with Crippen molar-refractivity contribution in [3.05, 3.63) is 60.4 Å². The van der Waals surface area contributed by atoms with Gasteiger partial charge >= 0.3 is 5.97 Å². The fraction of sp³-hybridized carbons (Fsp3) is 0.0625. The van der Waals surface area contributed by atoms with Gasteiger partial charge in [0.25, 0.3) is 0 Å². The topological polar surface area (TPSA) is 39.4 Å². The number of carbonyl (C=O) groups is 1. The van der Waals surface area contributed by atoms with Crippen LogP contribution in [-0.4, -0.2) is 13.1 Å². The van der Waals surface area contributed by atoms with Crippen molar-refractivity contribution in [3.8, 4) is 11.1 Å². The van der Waals surface area contributed by atoms with Crippen LogP contribution in [0.3, 0.4) is 0 Å². The van der Waals surface area contributed by atoms with E-state index in [1.807, 2.05) is 42.5 Å². The van der Waals surface area contributed by atoms with Gasteiger partial charge in [-0.05, 0) is 35.4 Å². The van der Waals surface area contributed by atoms with Crippen LogP contribution in [0, 0.1) is 0 Å². The van der Waals surface area contributed by atoms with Gasteiger partial charge in [0.15, 0.2) is 0 Å². The van der Waals surface area contributed by atoms with Gasteiger partial charge in [-0.3, -0.25) is 0 Å². The zero-order valence-corrected chi connectivity index (χ0v) is 10.4. The Kier molecular flexibility index (Phi) is 2.80. The number of methoxy groups -OCH3 is 1. The van der Waals surface area contributed by atoms with Crippen molar-refractivity contribution < 1.29 is 13.9 Å². The van der Waals surface area contributed by atoms with Crippen molar-refractivity contribution in [3.63, 3.8) is 0 Å². The minimum absolute atomic E-state index is 0.332. The Bertz CT molecular complexity index is 740. The number of ether oxygens (including phenoxy) is 1. The fourth-order valence-corrected chi connectivity index (χ4v) is 2.18. The molecule has 0 radical (unpaired) electrons. The summed E-state index contributed by atoms with van der Waals surface area (Å²) in [5.74, 6) is -0.332. The second-order valence-corrected chi connectivity index (χ2v) is 4.21. The number of carbonyl (C=O) groups excluding carboxylic acids is 1. The maximum atomic E-state index is 11.6. The second-order valence-electron chi connectivity index (χ2n) is 4.21. The van der Waals surface area contributed by atoms with Crippen molar-refractivity contribution in [2.45, 2.75) is 0 Å². The summed E-state index contributed by atoms with van der Waals surface area (Å²) in [7, 11) is 1.38. The predicted molar refractivity (Wildman–Crippen MR) is 73.0 cm³/mol. The summed E-state index contributed by atoms with van der Waals surface area (Å²) in [5.41, 5.74) is 3.38. The zero-order valence-electron chi connectivity index (χ0n) is 10.4. The van der Waals surface area contributed by atoms with Crippen LogP contribution in [0.2, 0.25) is 0 Å². The van der Waals surface area contributed by atoms with E-state index in [-0.39, 0.29) is 5.97 Å². The number of furan rings is 1. The molecule has 1 heterocycles. The Labute approximate surface area is 110 Å². The predicted octanol–water partition coefficient (Wildman–Crippen LogP) is 3.89. The summed E-state index contributed by atoms with van der Waals surface area (Å²) in [6.45, 7) is 0. The van der Waals surface area contributed by atoms with E-state index in [1.165, 1.54) is 7.11 Å². The van der Waals surface area contributed by atoms with Crippen LogP contribution in [0.25, 0.3) is 22.1 Å². The van der Waals surface area contributed by atoms with E-state index >= 15 is 0 Å². The third kappa shape index (κ3) is 1.99. The van der Waals surface area contributed by atoms with Crippen molar-refractivity contribution >= 4 is 16.9 Å². The highest BCUT2D eigenvalue weighted by Gasteiger charge is 2.09. The average molecular weight is 252 g/mol. The molecule has 3 rings (SSSR count). The molecular formula is C16H12O3. The standard InChI is InChI=1S/C16H12O3/c1-18-16(17)12-5-2-4-11(10-12)13-6-3-7-15-14(13)8-9-19-15/h2-10H,1H3. The van der Waals surface area contributed by atoms with Crippen molar-refractivity contribution in [1.82, 2.24) is 0 Å². The minimum atomic E-state index is -0.332. The molecule has 0 N–H and O–H groups in total. The Balaban J connectivity index is 2.16. The first-order chi connectivity index (χ1) is 9.29. The summed E-state index contributed by atoms with van der Waals surface area (Å²) in [6.07, 6.45) is 1.67. The van der Waals surface area contributed by atoms with Gasteiger partial charge in [0.05, 0.1) is 18.9 Å². The highest BCUT2D eigenvalue weighted by molar-refractivity contribution is 5.96. The molecule has 0 amide bonds. The molecule has 2 aromatic carbocycles. The van der Waals surface area contributed by atoms with Crippen LogP contribution in [0.1, 0.15) is 10.4 Å². The van der Waals surface area contributed by atoms with Crippen molar-refractivity contribution in [1.29, 1.82) is 0 Å². The Morgan fingerprint density at radius 2 is 1.95 bits per heavy atom. The molecule has 3 aromatic rings. The van der Waals surface area contributed by atoms with Gasteiger partial charge in [-0.25, -0.2) is 4.79 Å². The molecule has 3 heteroatoms. The lowest BCUT2D eigenvalue weighted by molar-refractivity contribution is 0.0601. The van der Waals surface area contributed by atoms with Gasteiger partial charge < -0.3 is 9.15 Å². The van der Waals surface area contributed by atoms with Gasteiger partial charge in [0.2, 0.25) is 0 Å². The van der Waals surface area contributed by atoms with Crippen molar-refractivity contribution in [2.75, 3.05) is 7.11 Å².